The van der Waals surface area contributed by atoms with Gasteiger partial charge in [-0.25, -0.2) is 13.6 Å². The number of carbonyl (C=O) groups is 3. The molecule has 0 aromatic heterocycles. The summed E-state index contributed by atoms with van der Waals surface area (Å²) in [5, 5.41) is 13.3. The zero-order valence-corrected chi connectivity index (χ0v) is 25.3. The highest BCUT2D eigenvalue weighted by molar-refractivity contribution is 8.00. The number of rotatable bonds is 12. The topological polar surface area (TPSA) is 157 Å². The first-order chi connectivity index (χ1) is 21.1. The molecule has 0 atom stereocenters. The summed E-state index contributed by atoms with van der Waals surface area (Å²) < 4.78 is 28.2. The Balaban J connectivity index is 1.39. The van der Waals surface area contributed by atoms with E-state index in [2.05, 4.69) is 16.0 Å². The van der Waals surface area contributed by atoms with Crippen molar-refractivity contribution in [2.24, 2.45) is 5.14 Å². The van der Waals surface area contributed by atoms with Crippen LogP contribution in [0.4, 0.5) is 11.4 Å². The van der Waals surface area contributed by atoms with Crippen LogP contribution in [0.5, 0.6) is 5.75 Å². The SMILES string of the molecule is CCOc1ccc(/C=C(\NC(=O)c2ccccc2)C(=O)Nc2ccc(SCC(=O)Nc3ccc(S(N)(=O)=O)cc3)cc2)cc1. The molecule has 4 rings (SSSR count). The van der Waals surface area contributed by atoms with Gasteiger partial charge in [0.15, 0.2) is 0 Å². The van der Waals surface area contributed by atoms with E-state index in [1.807, 2.05) is 6.92 Å². The molecule has 5 N–H and O–H groups in total. The van der Waals surface area contributed by atoms with Crippen LogP contribution in [-0.4, -0.2) is 38.5 Å². The number of amides is 3. The molecule has 4 aromatic carbocycles. The van der Waals surface area contributed by atoms with Crippen molar-refractivity contribution in [3.63, 3.8) is 0 Å². The van der Waals surface area contributed by atoms with Crippen molar-refractivity contribution >= 4 is 57.0 Å². The van der Waals surface area contributed by atoms with Crippen LogP contribution in [0.15, 0.2) is 119 Å². The van der Waals surface area contributed by atoms with Gasteiger partial charge in [0.05, 0.1) is 17.3 Å². The third kappa shape index (κ3) is 9.56. The molecule has 0 spiro atoms. The third-order valence-corrected chi connectivity index (χ3v) is 7.92. The first-order valence-corrected chi connectivity index (χ1v) is 15.9. The van der Waals surface area contributed by atoms with Crippen LogP contribution in [0.25, 0.3) is 6.08 Å². The number of sulfonamides is 1. The van der Waals surface area contributed by atoms with E-state index in [0.29, 0.717) is 34.9 Å². The molecule has 0 aliphatic carbocycles. The van der Waals surface area contributed by atoms with Gasteiger partial charge in [-0.2, -0.15) is 0 Å². The van der Waals surface area contributed by atoms with Crippen LogP contribution < -0.4 is 25.8 Å². The number of hydrogen-bond acceptors (Lipinski definition) is 7. The van der Waals surface area contributed by atoms with Crippen LogP contribution in [0, 0.1) is 0 Å². The molecule has 0 heterocycles. The zero-order chi connectivity index (χ0) is 31.5. The van der Waals surface area contributed by atoms with Crippen molar-refractivity contribution in [1.29, 1.82) is 0 Å². The summed E-state index contributed by atoms with van der Waals surface area (Å²) in [7, 11) is -3.81. The lowest BCUT2D eigenvalue weighted by molar-refractivity contribution is -0.114. The van der Waals surface area contributed by atoms with E-state index in [1.165, 1.54) is 36.0 Å². The second kappa shape index (κ2) is 15.0. The van der Waals surface area contributed by atoms with Gasteiger partial charge in [-0.15, -0.1) is 11.8 Å². The molecule has 3 amide bonds. The van der Waals surface area contributed by atoms with Gasteiger partial charge >= 0.3 is 0 Å². The summed E-state index contributed by atoms with van der Waals surface area (Å²) in [6, 6.07) is 28.2. The molecular weight excluding hydrogens is 601 g/mol. The largest absolute Gasteiger partial charge is 0.494 e. The molecule has 0 fully saturated rings. The Bertz CT molecular complexity index is 1740. The van der Waals surface area contributed by atoms with E-state index in [0.717, 1.165) is 4.90 Å². The van der Waals surface area contributed by atoms with Gasteiger partial charge < -0.3 is 20.7 Å². The molecule has 0 aliphatic heterocycles. The molecular formula is C32H30N4O6S2. The fourth-order valence-corrected chi connectivity index (χ4v) is 5.06. The Morgan fingerprint density at radius 2 is 1.43 bits per heavy atom. The molecule has 10 nitrogen and oxygen atoms in total. The molecule has 0 bridgehead atoms. The number of benzene rings is 4. The quantitative estimate of drug-likeness (QED) is 0.128. The molecule has 44 heavy (non-hydrogen) atoms. The normalized spacial score (nSPS) is 11.4. The highest BCUT2D eigenvalue weighted by Gasteiger charge is 2.15. The second-order valence-electron chi connectivity index (χ2n) is 9.26. The van der Waals surface area contributed by atoms with E-state index in [1.54, 1.807) is 84.9 Å². The standard InChI is InChI=1S/C32H30N4O6S2/c1-2-42-26-14-8-22(9-15-26)20-29(36-31(38)23-6-4-3-5-7-23)32(39)35-25-10-16-27(17-11-25)43-21-30(37)34-24-12-18-28(19-13-24)44(33,40)41/h3-20H,2,21H2,1H3,(H,34,37)(H,35,39)(H,36,38)(H2,33,40,41)/b29-20-. The zero-order valence-electron chi connectivity index (χ0n) is 23.6. The number of thioether (sulfide) groups is 1. The lowest BCUT2D eigenvalue weighted by Crippen LogP contribution is -2.30. The molecule has 4 aromatic rings. The van der Waals surface area contributed by atoms with Gasteiger partial charge in [-0.05, 0) is 91.4 Å². The minimum absolute atomic E-state index is 0.0468. The van der Waals surface area contributed by atoms with Gasteiger partial charge in [-0.3, -0.25) is 14.4 Å². The van der Waals surface area contributed by atoms with Crippen LogP contribution in [0.3, 0.4) is 0 Å². The number of anilines is 2. The molecule has 0 saturated carbocycles. The van der Waals surface area contributed by atoms with Crippen molar-refractivity contribution in [1.82, 2.24) is 5.32 Å². The maximum absolute atomic E-state index is 13.3. The third-order valence-electron chi connectivity index (χ3n) is 5.98. The average molecular weight is 631 g/mol. The Labute approximate surface area is 259 Å². The lowest BCUT2D eigenvalue weighted by atomic mass is 10.1. The Morgan fingerprint density at radius 1 is 0.818 bits per heavy atom. The minimum Gasteiger partial charge on any atom is -0.494 e. The average Bonchev–Trinajstić information content (AvgIpc) is 3.01. The molecule has 0 radical (unpaired) electrons. The smallest absolute Gasteiger partial charge is 0.272 e. The van der Waals surface area contributed by atoms with E-state index in [-0.39, 0.29) is 22.3 Å². The molecule has 226 valence electrons. The van der Waals surface area contributed by atoms with Crippen molar-refractivity contribution in [2.75, 3.05) is 23.0 Å². The van der Waals surface area contributed by atoms with Crippen molar-refractivity contribution in [3.8, 4) is 5.75 Å². The molecule has 12 heteroatoms. The number of ether oxygens (including phenoxy) is 1. The fourth-order valence-electron chi connectivity index (χ4n) is 3.84. The Kier molecular flexibility index (Phi) is 10.9. The lowest BCUT2D eigenvalue weighted by Gasteiger charge is -2.12. The maximum atomic E-state index is 13.3. The molecule has 0 unspecified atom stereocenters. The summed E-state index contributed by atoms with van der Waals surface area (Å²) in [5.41, 5.74) is 2.08. The number of nitrogens with one attached hydrogen (secondary N) is 3. The number of carbonyl (C=O) groups excluding carboxylic acids is 3. The van der Waals surface area contributed by atoms with Gasteiger partial charge in [-0.1, -0.05) is 30.3 Å². The van der Waals surface area contributed by atoms with Gasteiger partial charge in [0.1, 0.15) is 11.4 Å². The van der Waals surface area contributed by atoms with Crippen molar-refractivity contribution in [2.45, 2.75) is 16.7 Å². The fraction of sp³-hybridized carbons (Fsp3) is 0.0938. The number of nitrogens with two attached hydrogens (primary N) is 1. The van der Waals surface area contributed by atoms with Crippen LogP contribution in [0.1, 0.15) is 22.8 Å². The molecule has 0 aliphatic rings. The number of hydrogen-bond donors (Lipinski definition) is 4. The summed E-state index contributed by atoms with van der Waals surface area (Å²) in [6.45, 7) is 2.42. The van der Waals surface area contributed by atoms with Crippen molar-refractivity contribution in [3.05, 3.63) is 120 Å². The van der Waals surface area contributed by atoms with E-state index >= 15 is 0 Å². The monoisotopic (exact) mass is 630 g/mol. The highest BCUT2D eigenvalue weighted by Crippen LogP contribution is 2.22. The second-order valence-corrected chi connectivity index (χ2v) is 11.9. The summed E-state index contributed by atoms with van der Waals surface area (Å²) in [6.07, 6.45) is 1.58. The van der Waals surface area contributed by atoms with Crippen LogP contribution >= 0.6 is 11.8 Å². The van der Waals surface area contributed by atoms with Crippen molar-refractivity contribution < 1.29 is 27.5 Å². The first kappa shape index (κ1) is 32.0. The Morgan fingerprint density at radius 3 is 2.05 bits per heavy atom. The highest BCUT2D eigenvalue weighted by atomic mass is 32.2. The summed E-state index contributed by atoms with van der Waals surface area (Å²) in [5.74, 6) is -0.435. The summed E-state index contributed by atoms with van der Waals surface area (Å²) >= 11 is 1.28. The number of primary sulfonamides is 1. The predicted octanol–water partition coefficient (Wildman–Crippen LogP) is 4.87. The van der Waals surface area contributed by atoms with Gasteiger partial charge in [0.2, 0.25) is 15.9 Å². The minimum atomic E-state index is -3.81. The first-order valence-electron chi connectivity index (χ1n) is 13.4. The van der Waals surface area contributed by atoms with Crippen LogP contribution in [-0.2, 0) is 19.6 Å². The summed E-state index contributed by atoms with van der Waals surface area (Å²) in [4.78, 5) is 39.3. The maximum Gasteiger partial charge on any atom is 0.272 e. The van der Waals surface area contributed by atoms with Crippen LogP contribution in [0.2, 0.25) is 0 Å². The van der Waals surface area contributed by atoms with Gasteiger partial charge in [0, 0.05) is 21.8 Å². The van der Waals surface area contributed by atoms with E-state index in [4.69, 9.17) is 9.88 Å². The van der Waals surface area contributed by atoms with Gasteiger partial charge in [0.25, 0.3) is 11.8 Å². The molecule has 0 saturated heterocycles. The van der Waals surface area contributed by atoms with E-state index in [9.17, 15) is 22.8 Å². The Hall–Kier alpha value is -4.91. The predicted molar refractivity (Wildman–Crippen MR) is 172 cm³/mol. The van der Waals surface area contributed by atoms with E-state index < -0.39 is 21.8 Å².